The number of hydrogen-bond donors (Lipinski definition) is 0. The first-order valence-electron chi connectivity index (χ1n) is 7.60. The number of hydrogen-bond acceptors (Lipinski definition) is 5. The summed E-state index contributed by atoms with van der Waals surface area (Å²) in [7, 11) is 0. The molecule has 0 aliphatic heterocycles. The zero-order chi connectivity index (χ0) is 16.7. The second kappa shape index (κ2) is 7.17. The average Bonchev–Trinajstić information content (AvgIpc) is 3.35. The van der Waals surface area contributed by atoms with Crippen LogP contribution in [0.1, 0.15) is 31.7 Å². The predicted octanol–water partition coefficient (Wildman–Crippen LogP) is 3.54. The molecule has 1 heterocycles. The van der Waals surface area contributed by atoms with Gasteiger partial charge in [0.2, 0.25) is 4.73 Å². The van der Waals surface area contributed by atoms with Crippen LogP contribution in [-0.2, 0) is 4.79 Å². The fraction of sp³-hybridized carbons (Fsp3) is 0.278. The maximum absolute atomic E-state index is 10.8. The van der Waals surface area contributed by atoms with E-state index < -0.39 is 5.97 Å². The maximum Gasteiger partial charge on any atom is 0.205 e. The van der Waals surface area contributed by atoms with Crippen molar-refractivity contribution in [1.82, 2.24) is 14.8 Å². The SMILES string of the molecule is C.O=C([O-])CSc1nnc(Br)n1-c1ccc(C2CC2)c2ccccc12. The number of benzene rings is 2. The van der Waals surface area contributed by atoms with Gasteiger partial charge >= 0.3 is 0 Å². The van der Waals surface area contributed by atoms with E-state index in [9.17, 15) is 9.90 Å². The minimum absolute atomic E-state index is 0. The van der Waals surface area contributed by atoms with Gasteiger partial charge in [0, 0.05) is 11.1 Å². The number of nitrogens with zero attached hydrogens (tertiary/aromatic N) is 3. The van der Waals surface area contributed by atoms with Crippen molar-refractivity contribution in [3.8, 4) is 5.69 Å². The van der Waals surface area contributed by atoms with Crippen LogP contribution in [0.15, 0.2) is 46.3 Å². The van der Waals surface area contributed by atoms with Gasteiger partial charge in [-0.15, -0.1) is 10.2 Å². The smallest absolute Gasteiger partial charge is 0.205 e. The number of thioether (sulfide) groups is 1. The van der Waals surface area contributed by atoms with Crippen molar-refractivity contribution in [2.45, 2.75) is 31.3 Å². The molecule has 1 aliphatic carbocycles. The molecule has 5 nitrogen and oxygen atoms in total. The van der Waals surface area contributed by atoms with Crippen LogP contribution in [0.3, 0.4) is 0 Å². The summed E-state index contributed by atoms with van der Waals surface area (Å²) in [6.07, 6.45) is 2.48. The van der Waals surface area contributed by atoms with Gasteiger partial charge in [-0.25, -0.2) is 0 Å². The molecule has 0 bridgehead atoms. The van der Waals surface area contributed by atoms with Gasteiger partial charge in [0.1, 0.15) is 0 Å². The van der Waals surface area contributed by atoms with Gasteiger partial charge in [-0.05, 0) is 51.7 Å². The molecule has 0 saturated heterocycles. The van der Waals surface area contributed by atoms with E-state index in [2.05, 4.69) is 50.4 Å². The summed E-state index contributed by atoms with van der Waals surface area (Å²) in [5, 5.41) is 21.7. The van der Waals surface area contributed by atoms with E-state index in [1.165, 1.54) is 23.8 Å². The number of aromatic nitrogens is 3. The highest BCUT2D eigenvalue weighted by Gasteiger charge is 2.26. The first-order chi connectivity index (χ1) is 11.6. The first kappa shape index (κ1) is 17.9. The van der Waals surface area contributed by atoms with E-state index in [1.54, 1.807) is 0 Å². The highest BCUT2D eigenvalue weighted by atomic mass is 79.9. The zero-order valence-corrected chi connectivity index (χ0v) is 15.0. The number of carboxylic acids is 1. The van der Waals surface area contributed by atoms with Gasteiger partial charge in [-0.3, -0.25) is 4.57 Å². The lowest BCUT2D eigenvalue weighted by Crippen LogP contribution is -2.24. The molecular formula is C18H17BrN3O2S-. The molecular weight excluding hydrogens is 402 g/mol. The Hall–Kier alpha value is -1.86. The number of halogens is 1. The lowest BCUT2D eigenvalue weighted by atomic mass is 9.99. The molecule has 130 valence electrons. The molecule has 25 heavy (non-hydrogen) atoms. The third-order valence-electron chi connectivity index (χ3n) is 4.11. The van der Waals surface area contributed by atoms with E-state index in [1.807, 2.05) is 16.7 Å². The molecule has 0 amide bonds. The maximum atomic E-state index is 10.8. The summed E-state index contributed by atoms with van der Waals surface area (Å²) < 4.78 is 2.39. The van der Waals surface area contributed by atoms with Crippen molar-refractivity contribution < 1.29 is 9.90 Å². The van der Waals surface area contributed by atoms with Crippen LogP contribution < -0.4 is 5.11 Å². The van der Waals surface area contributed by atoms with Gasteiger partial charge in [0.25, 0.3) is 0 Å². The molecule has 0 unspecified atom stereocenters. The van der Waals surface area contributed by atoms with Crippen molar-refractivity contribution in [3.05, 3.63) is 46.7 Å². The van der Waals surface area contributed by atoms with Crippen LogP contribution in [-0.4, -0.2) is 26.5 Å². The topological polar surface area (TPSA) is 70.8 Å². The molecule has 7 heteroatoms. The fourth-order valence-corrected chi connectivity index (χ4v) is 4.14. The molecule has 4 rings (SSSR count). The van der Waals surface area contributed by atoms with Gasteiger partial charge in [-0.1, -0.05) is 49.5 Å². The van der Waals surface area contributed by atoms with Crippen molar-refractivity contribution in [2.24, 2.45) is 0 Å². The van der Waals surface area contributed by atoms with Gasteiger partial charge in [0.05, 0.1) is 11.7 Å². The number of fused-ring (bicyclic) bond motifs is 1. The summed E-state index contributed by atoms with van der Waals surface area (Å²) in [4.78, 5) is 10.8. The van der Waals surface area contributed by atoms with Gasteiger partial charge in [0.15, 0.2) is 5.16 Å². The molecule has 0 N–H and O–H groups in total. The van der Waals surface area contributed by atoms with Crippen LogP contribution in [0, 0.1) is 0 Å². The van der Waals surface area contributed by atoms with Crippen LogP contribution in [0.4, 0.5) is 0 Å². The number of carbonyl (C=O) groups excluding carboxylic acids is 1. The summed E-state index contributed by atoms with van der Waals surface area (Å²) in [6, 6.07) is 12.5. The van der Waals surface area contributed by atoms with E-state index >= 15 is 0 Å². The second-order valence-corrected chi connectivity index (χ2v) is 7.39. The zero-order valence-electron chi connectivity index (χ0n) is 12.6. The van der Waals surface area contributed by atoms with Gasteiger partial charge < -0.3 is 9.90 Å². The van der Waals surface area contributed by atoms with Crippen molar-refractivity contribution in [1.29, 1.82) is 0 Å². The average molecular weight is 419 g/mol. The summed E-state index contributed by atoms with van der Waals surface area (Å²) in [6.45, 7) is 0. The molecule has 2 aromatic carbocycles. The Kier molecular flexibility index (Phi) is 5.15. The molecule has 1 aromatic heterocycles. The number of carbonyl (C=O) groups is 1. The second-order valence-electron chi connectivity index (χ2n) is 5.74. The quantitative estimate of drug-likeness (QED) is 0.592. The largest absolute Gasteiger partial charge is 0.549 e. The highest BCUT2D eigenvalue weighted by molar-refractivity contribution is 9.10. The minimum Gasteiger partial charge on any atom is -0.549 e. The Labute approximate surface area is 158 Å². The molecule has 1 aliphatic rings. The van der Waals surface area contributed by atoms with Gasteiger partial charge in [-0.2, -0.15) is 0 Å². The molecule has 3 aromatic rings. The van der Waals surface area contributed by atoms with Crippen molar-refractivity contribution >= 4 is 44.4 Å². The number of rotatable bonds is 5. The fourth-order valence-electron chi connectivity index (χ4n) is 2.92. The van der Waals surface area contributed by atoms with Crippen molar-refractivity contribution in [3.63, 3.8) is 0 Å². The standard InChI is InChI=1S/C17H14BrN3O2S.CH4/c18-16-19-20-17(24-9-15(22)23)21(16)14-8-7-11(10-5-6-10)12-3-1-2-4-13(12)14;/h1-4,7-8,10H,5-6,9H2,(H,22,23);1H4/p-1. The Morgan fingerprint density at radius 2 is 1.92 bits per heavy atom. The van der Waals surface area contributed by atoms with Crippen LogP contribution in [0.5, 0.6) is 0 Å². The highest BCUT2D eigenvalue weighted by Crippen LogP contribution is 2.44. The molecule has 1 fully saturated rings. The lowest BCUT2D eigenvalue weighted by Gasteiger charge is -2.14. The lowest BCUT2D eigenvalue weighted by molar-refractivity contribution is -0.301. The summed E-state index contributed by atoms with van der Waals surface area (Å²) in [5.41, 5.74) is 2.32. The summed E-state index contributed by atoms with van der Waals surface area (Å²) in [5.74, 6) is -0.636. The van der Waals surface area contributed by atoms with E-state index in [0.29, 0.717) is 15.8 Å². The first-order valence-corrected chi connectivity index (χ1v) is 9.38. The number of aliphatic carboxylic acids is 1. The molecule has 0 radical (unpaired) electrons. The van der Waals surface area contributed by atoms with E-state index in [4.69, 9.17) is 0 Å². The Morgan fingerprint density at radius 1 is 1.20 bits per heavy atom. The minimum atomic E-state index is -1.13. The van der Waals surface area contributed by atoms with Crippen LogP contribution in [0.25, 0.3) is 16.5 Å². The van der Waals surface area contributed by atoms with E-state index in [0.717, 1.165) is 22.8 Å². The van der Waals surface area contributed by atoms with E-state index in [-0.39, 0.29) is 13.2 Å². The molecule has 0 spiro atoms. The Morgan fingerprint density at radius 3 is 2.60 bits per heavy atom. The van der Waals surface area contributed by atoms with Crippen LogP contribution >= 0.6 is 27.7 Å². The predicted molar refractivity (Wildman–Crippen MR) is 101 cm³/mol. The molecule has 0 atom stereocenters. The summed E-state index contributed by atoms with van der Waals surface area (Å²) >= 11 is 4.52. The van der Waals surface area contributed by atoms with Crippen LogP contribution in [0.2, 0.25) is 0 Å². The Bertz CT molecular complexity index is 937. The Balaban J connectivity index is 0.00000182. The van der Waals surface area contributed by atoms with Crippen molar-refractivity contribution in [2.75, 3.05) is 5.75 Å². The molecule has 1 saturated carbocycles. The number of carboxylic acid groups (broad SMARTS) is 1. The normalized spacial score (nSPS) is 13.6. The third-order valence-corrected chi connectivity index (χ3v) is 5.52. The third kappa shape index (κ3) is 3.43. The monoisotopic (exact) mass is 418 g/mol.